The lowest BCUT2D eigenvalue weighted by Gasteiger charge is -2.36. The Balaban J connectivity index is 0.000000292. The fraction of sp³-hybridized carbons (Fsp3) is 0.600. The van der Waals surface area contributed by atoms with Crippen LogP contribution < -0.4 is 5.32 Å². The van der Waals surface area contributed by atoms with Crippen molar-refractivity contribution in [3.8, 4) is 0 Å². The fourth-order valence-electron chi connectivity index (χ4n) is 5.82. The van der Waals surface area contributed by atoms with Crippen molar-refractivity contribution in [3.05, 3.63) is 71.8 Å². The molecule has 2 aliphatic rings. The number of methoxy groups -OCH3 is 2. The van der Waals surface area contributed by atoms with Crippen LogP contribution in [0.5, 0.6) is 0 Å². The maximum Gasteiger partial charge on any atom is 0.327 e. The molecule has 2 saturated heterocycles. The Hall–Kier alpha value is -2.96. The number of halogens is 1. The van der Waals surface area contributed by atoms with E-state index in [1.165, 1.54) is 14.2 Å². The smallest absolute Gasteiger partial charge is 0.327 e. The summed E-state index contributed by atoms with van der Waals surface area (Å²) in [5.74, 6) is 0.0333. The highest BCUT2D eigenvalue weighted by atomic mass is 79.9. The van der Waals surface area contributed by atoms with Crippen LogP contribution in [0.25, 0.3) is 0 Å². The van der Waals surface area contributed by atoms with Crippen molar-refractivity contribution in [1.29, 1.82) is 0 Å². The van der Waals surface area contributed by atoms with Crippen LogP contribution in [0, 0.1) is 0 Å². The SMILES string of the molecule is CC(=O)CCCCOC1CCNCC1.COC(=O)C(Br)c1ccccc1.COC(=O)C(c1ccccc1)N1CCC(OCCCCC(C)=O)CC1. The van der Waals surface area contributed by atoms with E-state index >= 15 is 0 Å². The molecule has 51 heavy (non-hydrogen) atoms. The van der Waals surface area contributed by atoms with Crippen molar-refractivity contribution >= 4 is 39.4 Å². The van der Waals surface area contributed by atoms with Gasteiger partial charge >= 0.3 is 11.9 Å². The number of ketones is 2. The second-order valence-electron chi connectivity index (χ2n) is 12.9. The van der Waals surface area contributed by atoms with E-state index in [2.05, 4.69) is 30.9 Å². The Morgan fingerprint density at radius 2 is 1.14 bits per heavy atom. The summed E-state index contributed by atoms with van der Waals surface area (Å²) in [6, 6.07) is 18.8. The maximum absolute atomic E-state index is 12.3. The van der Waals surface area contributed by atoms with Crippen LogP contribution in [0.15, 0.2) is 60.7 Å². The minimum atomic E-state index is -0.358. The number of carbonyl (C=O) groups excluding carboxylic acids is 4. The van der Waals surface area contributed by atoms with Gasteiger partial charge in [0, 0.05) is 39.1 Å². The Morgan fingerprint density at radius 1 is 0.686 bits per heavy atom. The number of rotatable bonds is 17. The number of Topliss-reactive ketones (excluding diaryl/α,β-unsaturated/α-hetero) is 2. The second kappa shape index (κ2) is 26.8. The molecule has 2 unspecified atom stereocenters. The zero-order valence-corrected chi connectivity index (χ0v) is 32.6. The summed E-state index contributed by atoms with van der Waals surface area (Å²) in [6.07, 6.45) is 9.93. The van der Waals surface area contributed by atoms with Gasteiger partial charge in [0.15, 0.2) is 0 Å². The summed E-state index contributed by atoms with van der Waals surface area (Å²) in [5, 5.41) is 3.31. The number of nitrogens with zero attached hydrogens (tertiary/aromatic N) is 1. The molecule has 2 aromatic rings. The lowest BCUT2D eigenvalue weighted by Crippen LogP contribution is -2.42. The van der Waals surface area contributed by atoms with Crippen LogP contribution in [0.4, 0.5) is 0 Å². The highest BCUT2D eigenvalue weighted by molar-refractivity contribution is 9.09. The van der Waals surface area contributed by atoms with Crippen molar-refractivity contribution in [2.75, 3.05) is 53.6 Å². The van der Waals surface area contributed by atoms with Gasteiger partial charge in [-0.25, -0.2) is 4.79 Å². The van der Waals surface area contributed by atoms with E-state index in [0.717, 1.165) is 95.3 Å². The third-order valence-corrected chi connectivity index (χ3v) is 9.62. The molecule has 11 heteroatoms. The Labute approximate surface area is 313 Å². The van der Waals surface area contributed by atoms with E-state index in [9.17, 15) is 19.2 Å². The van der Waals surface area contributed by atoms with Crippen LogP contribution in [-0.4, -0.2) is 94.2 Å². The van der Waals surface area contributed by atoms with Crippen LogP contribution in [0.2, 0.25) is 0 Å². The predicted octanol–water partition coefficient (Wildman–Crippen LogP) is 6.95. The van der Waals surface area contributed by atoms with E-state index in [4.69, 9.17) is 14.2 Å². The summed E-state index contributed by atoms with van der Waals surface area (Å²) < 4.78 is 21.2. The minimum absolute atomic E-state index is 0.213. The van der Waals surface area contributed by atoms with Crippen molar-refractivity contribution in [2.45, 2.75) is 101 Å². The average Bonchev–Trinajstić information content (AvgIpc) is 3.16. The lowest BCUT2D eigenvalue weighted by atomic mass is 10.0. The van der Waals surface area contributed by atoms with Gasteiger partial charge in [-0.1, -0.05) is 76.6 Å². The monoisotopic (exact) mass is 774 g/mol. The summed E-state index contributed by atoms with van der Waals surface area (Å²) in [6.45, 7) is 8.58. The quantitative estimate of drug-likeness (QED) is 0.103. The first-order valence-electron chi connectivity index (χ1n) is 18.2. The first kappa shape index (κ1) is 44.2. The van der Waals surface area contributed by atoms with Gasteiger partial charge in [0.1, 0.15) is 22.4 Å². The molecule has 2 heterocycles. The molecule has 0 saturated carbocycles. The van der Waals surface area contributed by atoms with Crippen LogP contribution >= 0.6 is 15.9 Å². The van der Waals surface area contributed by atoms with E-state index in [1.807, 2.05) is 60.7 Å². The Morgan fingerprint density at radius 3 is 1.59 bits per heavy atom. The van der Waals surface area contributed by atoms with Crippen molar-refractivity contribution in [1.82, 2.24) is 10.2 Å². The van der Waals surface area contributed by atoms with Gasteiger partial charge in [0.05, 0.1) is 26.4 Å². The summed E-state index contributed by atoms with van der Waals surface area (Å²) >= 11 is 3.24. The molecule has 10 nitrogen and oxygen atoms in total. The molecule has 0 spiro atoms. The molecule has 0 bridgehead atoms. The highest BCUT2D eigenvalue weighted by Gasteiger charge is 2.32. The molecule has 4 rings (SSSR count). The number of esters is 2. The number of benzene rings is 2. The molecule has 0 aromatic heterocycles. The zero-order chi connectivity index (χ0) is 37.3. The van der Waals surface area contributed by atoms with E-state index in [1.54, 1.807) is 13.8 Å². The van der Waals surface area contributed by atoms with Crippen LogP contribution in [0.1, 0.15) is 100 Å². The van der Waals surface area contributed by atoms with Gasteiger partial charge in [-0.3, -0.25) is 9.69 Å². The maximum atomic E-state index is 12.3. The van der Waals surface area contributed by atoms with Crippen molar-refractivity contribution in [2.24, 2.45) is 0 Å². The topological polar surface area (TPSA) is 120 Å². The van der Waals surface area contributed by atoms with Gasteiger partial charge in [-0.15, -0.1) is 0 Å². The van der Waals surface area contributed by atoms with Crippen molar-refractivity contribution in [3.63, 3.8) is 0 Å². The largest absolute Gasteiger partial charge is 0.468 e. The third-order valence-electron chi connectivity index (χ3n) is 8.72. The molecular weight excluding hydrogens is 716 g/mol. The molecular formula is C40H59BrN2O8. The lowest BCUT2D eigenvalue weighted by molar-refractivity contribution is -0.148. The number of alkyl halides is 1. The number of ether oxygens (including phenoxy) is 4. The average molecular weight is 776 g/mol. The van der Waals surface area contributed by atoms with Gasteiger partial charge in [-0.2, -0.15) is 0 Å². The molecule has 0 aliphatic carbocycles. The molecule has 1 N–H and O–H groups in total. The third kappa shape index (κ3) is 18.9. The Bertz CT molecular complexity index is 1250. The summed E-state index contributed by atoms with van der Waals surface area (Å²) in [5.41, 5.74) is 1.88. The van der Waals surface area contributed by atoms with Gasteiger partial charge in [-0.05, 0) is 89.4 Å². The number of hydrogen-bond donors (Lipinski definition) is 1. The second-order valence-corrected chi connectivity index (χ2v) is 13.8. The molecule has 2 atom stereocenters. The minimum Gasteiger partial charge on any atom is -0.468 e. The zero-order valence-electron chi connectivity index (χ0n) is 31.0. The molecule has 0 amide bonds. The first-order valence-corrected chi connectivity index (χ1v) is 19.1. The van der Waals surface area contributed by atoms with Gasteiger partial charge in [0.2, 0.25) is 0 Å². The van der Waals surface area contributed by atoms with Crippen LogP contribution in [-0.2, 0) is 38.1 Å². The van der Waals surface area contributed by atoms with E-state index < -0.39 is 0 Å². The van der Waals surface area contributed by atoms with Gasteiger partial charge in [0.25, 0.3) is 0 Å². The fourth-order valence-corrected chi connectivity index (χ4v) is 6.31. The predicted molar refractivity (Wildman–Crippen MR) is 203 cm³/mol. The summed E-state index contributed by atoms with van der Waals surface area (Å²) in [7, 11) is 2.81. The number of carbonyl (C=O) groups is 4. The number of likely N-dealkylation sites (tertiary alicyclic amines) is 1. The van der Waals surface area contributed by atoms with Gasteiger partial charge < -0.3 is 33.9 Å². The van der Waals surface area contributed by atoms with Crippen molar-refractivity contribution < 1.29 is 38.1 Å². The number of piperidine rings is 2. The highest BCUT2D eigenvalue weighted by Crippen LogP contribution is 2.27. The molecule has 284 valence electrons. The summed E-state index contributed by atoms with van der Waals surface area (Å²) in [4.78, 5) is 46.7. The Kier molecular flexibility index (Phi) is 23.2. The molecule has 2 aromatic carbocycles. The number of unbranched alkanes of at least 4 members (excludes halogenated alkanes) is 2. The van der Waals surface area contributed by atoms with E-state index in [-0.39, 0.29) is 40.5 Å². The molecule has 2 fully saturated rings. The number of nitrogens with one attached hydrogen (secondary N) is 1. The standard InChI is InChI=1S/C20H29NO4.C11H21NO2.C9H9BrO2/c1-16(22)8-6-7-15-25-18-11-13-21(14-12-18)19(20(23)24-2)17-9-4-3-5-10-17;1-10(13)4-2-3-9-14-11-5-7-12-8-6-11;1-12-9(11)8(10)7-5-3-2-4-6-7/h3-5,9-10,18-19H,6-8,11-15H2,1-2H3;11-12H,2-9H2,1H3;2-6,8H,1H3. The van der Waals surface area contributed by atoms with Crippen LogP contribution in [0.3, 0.4) is 0 Å². The molecule has 0 radical (unpaired) electrons. The molecule has 2 aliphatic heterocycles. The number of hydrogen-bond acceptors (Lipinski definition) is 10. The first-order chi connectivity index (χ1) is 24.7. The van der Waals surface area contributed by atoms with E-state index in [0.29, 0.717) is 25.6 Å². The normalized spacial score (nSPS) is 16.3.